The fourth-order valence-corrected chi connectivity index (χ4v) is 4.28. The Bertz CT molecular complexity index is 1030. The standard InChI is InChI=1S/C22H27ClFN3O4S/c1-16(22(29)25-2)26(15-17-6-8-18(23)9-7-17)21(28)5-4-14-27(32(3,30)31)20-12-10-19(24)11-13-20/h6-13,16H,4-5,14-15H2,1-3H3,(H,25,29). The lowest BCUT2D eigenvalue weighted by Crippen LogP contribution is -2.46. The Hall–Kier alpha value is -2.65. The van der Waals surface area contributed by atoms with Gasteiger partial charge in [0.2, 0.25) is 21.8 Å². The maximum atomic E-state index is 13.2. The summed E-state index contributed by atoms with van der Waals surface area (Å²) < 4.78 is 38.7. The van der Waals surface area contributed by atoms with Crippen LogP contribution in [0.3, 0.4) is 0 Å². The van der Waals surface area contributed by atoms with E-state index in [9.17, 15) is 22.4 Å². The zero-order valence-electron chi connectivity index (χ0n) is 18.2. The van der Waals surface area contributed by atoms with Crippen LogP contribution in [-0.4, -0.2) is 51.0 Å². The molecule has 2 aromatic carbocycles. The zero-order valence-corrected chi connectivity index (χ0v) is 19.8. The summed E-state index contributed by atoms with van der Waals surface area (Å²) in [6, 6.07) is 11.4. The number of amides is 2. The Morgan fingerprint density at radius 2 is 1.69 bits per heavy atom. The predicted octanol–water partition coefficient (Wildman–Crippen LogP) is 3.19. The van der Waals surface area contributed by atoms with E-state index in [2.05, 4.69) is 5.32 Å². The molecule has 0 aliphatic heterocycles. The van der Waals surface area contributed by atoms with E-state index in [0.29, 0.717) is 10.7 Å². The maximum absolute atomic E-state index is 13.2. The van der Waals surface area contributed by atoms with Crippen LogP contribution >= 0.6 is 11.6 Å². The zero-order chi connectivity index (χ0) is 23.9. The highest BCUT2D eigenvalue weighted by Gasteiger charge is 2.26. The van der Waals surface area contributed by atoms with Crippen molar-refractivity contribution in [3.8, 4) is 0 Å². The van der Waals surface area contributed by atoms with Crippen molar-refractivity contribution in [2.75, 3.05) is 24.2 Å². The summed E-state index contributed by atoms with van der Waals surface area (Å²) in [5.74, 6) is -1.07. The van der Waals surface area contributed by atoms with Crippen molar-refractivity contribution in [3.05, 3.63) is 64.9 Å². The van der Waals surface area contributed by atoms with Gasteiger partial charge in [-0.15, -0.1) is 0 Å². The SMILES string of the molecule is CNC(=O)C(C)N(Cc1ccc(Cl)cc1)C(=O)CCCN(c1ccc(F)cc1)S(C)(=O)=O. The fraction of sp³-hybridized carbons (Fsp3) is 0.364. The fourth-order valence-electron chi connectivity index (χ4n) is 3.19. The number of rotatable bonds is 10. The Kier molecular flexibility index (Phi) is 9.03. The monoisotopic (exact) mass is 483 g/mol. The highest BCUT2D eigenvalue weighted by Crippen LogP contribution is 2.20. The molecule has 174 valence electrons. The minimum atomic E-state index is -3.63. The minimum Gasteiger partial charge on any atom is -0.357 e. The van der Waals surface area contributed by atoms with Crippen molar-refractivity contribution in [1.82, 2.24) is 10.2 Å². The molecule has 1 N–H and O–H groups in total. The third-order valence-corrected chi connectivity index (χ3v) is 6.39. The summed E-state index contributed by atoms with van der Waals surface area (Å²) in [7, 11) is -2.13. The van der Waals surface area contributed by atoms with Crippen LogP contribution in [0.4, 0.5) is 10.1 Å². The molecule has 2 aromatic rings. The quantitative estimate of drug-likeness (QED) is 0.562. The molecular formula is C22H27ClFN3O4S. The number of nitrogens with zero attached hydrogens (tertiary/aromatic N) is 2. The first-order chi connectivity index (χ1) is 15.0. The molecule has 7 nitrogen and oxygen atoms in total. The van der Waals surface area contributed by atoms with Gasteiger partial charge in [-0.2, -0.15) is 0 Å². The minimum absolute atomic E-state index is 0.0299. The number of hydrogen-bond donors (Lipinski definition) is 1. The number of nitrogens with one attached hydrogen (secondary N) is 1. The van der Waals surface area contributed by atoms with Gasteiger partial charge in [0.15, 0.2) is 0 Å². The number of halogens is 2. The smallest absolute Gasteiger partial charge is 0.242 e. The van der Waals surface area contributed by atoms with E-state index in [4.69, 9.17) is 11.6 Å². The van der Waals surface area contributed by atoms with Crippen LogP contribution in [0.15, 0.2) is 48.5 Å². The van der Waals surface area contributed by atoms with Crippen LogP contribution in [0.25, 0.3) is 0 Å². The van der Waals surface area contributed by atoms with Gasteiger partial charge < -0.3 is 10.2 Å². The van der Waals surface area contributed by atoms with E-state index < -0.39 is 21.9 Å². The summed E-state index contributed by atoms with van der Waals surface area (Å²) in [6.45, 7) is 1.88. The largest absolute Gasteiger partial charge is 0.357 e. The van der Waals surface area contributed by atoms with Gasteiger partial charge in [0.1, 0.15) is 11.9 Å². The molecule has 2 rings (SSSR count). The number of likely N-dealkylation sites (N-methyl/N-ethyl adjacent to an activating group) is 1. The molecule has 0 aliphatic carbocycles. The number of carbonyl (C=O) groups excluding carboxylic acids is 2. The summed E-state index contributed by atoms with van der Waals surface area (Å²) in [5.41, 5.74) is 1.13. The first-order valence-electron chi connectivity index (χ1n) is 10.0. The van der Waals surface area contributed by atoms with E-state index >= 15 is 0 Å². The summed E-state index contributed by atoms with van der Waals surface area (Å²) in [5, 5.41) is 3.11. The predicted molar refractivity (Wildman–Crippen MR) is 123 cm³/mol. The number of benzene rings is 2. The average Bonchev–Trinajstić information content (AvgIpc) is 2.75. The number of sulfonamides is 1. The lowest BCUT2D eigenvalue weighted by molar-refractivity contribution is -0.140. The molecule has 0 aliphatic rings. The molecular weight excluding hydrogens is 457 g/mol. The van der Waals surface area contributed by atoms with Crippen molar-refractivity contribution < 1.29 is 22.4 Å². The molecule has 10 heteroatoms. The van der Waals surface area contributed by atoms with Gasteiger partial charge in [-0.1, -0.05) is 23.7 Å². The van der Waals surface area contributed by atoms with Crippen LogP contribution < -0.4 is 9.62 Å². The van der Waals surface area contributed by atoms with Crippen molar-refractivity contribution in [2.24, 2.45) is 0 Å². The molecule has 0 fully saturated rings. The molecule has 0 heterocycles. The third kappa shape index (κ3) is 7.20. The summed E-state index contributed by atoms with van der Waals surface area (Å²) in [6.07, 6.45) is 1.31. The molecule has 2 amide bonds. The Morgan fingerprint density at radius 3 is 2.22 bits per heavy atom. The molecule has 1 atom stereocenters. The van der Waals surface area contributed by atoms with Gasteiger partial charge in [0, 0.05) is 31.6 Å². The van der Waals surface area contributed by atoms with Crippen molar-refractivity contribution in [2.45, 2.75) is 32.4 Å². The second kappa shape index (κ2) is 11.3. The van der Waals surface area contributed by atoms with Crippen LogP contribution in [0, 0.1) is 5.82 Å². The number of carbonyl (C=O) groups is 2. The highest BCUT2D eigenvalue weighted by atomic mass is 35.5. The molecule has 0 radical (unpaired) electrons. The van der Waals surface area contributed by atoms with E-state index in [1.165, 1.54) is 36.2 Å². The van der Waals surface area contributed by atoms with Gasteiger partial charge in [0.05, 0.1) is 11.9 Å². The van der Waals surface area contributed by atoms with E-state index in [0.717, 1.165) is 16.1 Å². The van der Waals surface area contributed by atoms with Crippen LogP contribution in [-0.2, 0) is 26.2 Å². The second-order valence-electron chi connectivity index (χ2n) is 7.35. The van der Waals surface area contributed by atoms with Crippen LogP contribution in [0.1, 0.15) is 25.3 Å². The van der Waals surface area contributed by atoms with Crippen molar-refractivity contribution in [3.63, 3.8) is 0 Å². The molecule has 0 saturated carbocycles. The summed E-state index contributed by atoms with van der Waals surface area (Å²) in [4.78, 5) is 26.6. The second-order valence-corrected chi connectivity index (χ2v) is 9.70. The highest BCUT2D eigenvalue weighted by molar-refractivity contribution is 7.92. The molecule has 1 unspecified atom stereocenters. The molecule has 0 bridgehead atoms. The van der Waals surface area contributed by atoms with Crippen molar-refractivity contribution >= 4 is 39.1 Å². The normalized spacial score (nSPS) is 12.2. The van der Waals surface area contributed by atoms with Crippen LogP contribution in [0.5, 0.6) is 0 Å². The third-order valence-electron chi connectivity index (χ3n) is 4.95. The molecule has 32 heavy (non-hydrogen) atoms. The van der Waals surface area contributed by atoms with Gasteiger partial charge in [-0.25, -0.2) is 12.8 Å². The van der Waals surface area contributed by atoms with Crippen LogP contribution in [0.2, 0.25) is 5.02 Å². The van der Waals surface area contributed by atoms with Gasteiger partial charge in [-0.05, 0) is 55.3 Å². The lowest BCUT2D eigenvalue weighted by atomic mass is 10.1. The first kappa shape index (κ1) is 25.6. The Labute approximate surface area is 193 Å². The van der Waals surface area contributed by atoms with Gasteiger partial charge in [0.25, 0.3) is 0 Å². The van der Waals surface area contributed by atoms with E-state index in [1.807, 2.05) is 0 Å². The van der Waals surface area contributed by atoms with E-state index in [-0.39, 0.29) is 37.7 Å². The average molecular weight is 484 g/mol. The van der Waals surface area contributed by atoms with Gasteiger partial charge in [-0.3, -0.25) is 13.9 Å². The van der Waals surface area contributed by atoms with Crippen molar-refractivity contribution in [1.29, 1.82) is 0 Å². The Morgan fingerprint density at radius 1 is 1.09 bits per heavy atom. The topological polar surface area (TPSA) is 86.8 Å². The first-order valence-corrected chi connectivity index (χ1v) is 12.2. The number of hydrogen-bond acceptors (Lipinski definition) is 4. The lowest BCUT2D eigenvalue weighted by Gasteiger charge is -2.29. The maximum Gasteiger partial charge on any atom is 0.242 e. The van der Waals surface area contributed by atoms with Gasteiger partial charge >= 0.3 is 0 Å². The molecule has 0 saturated heterocycles. The Balaban J connectivity index is 2.12. The van der Waals surface area contributed by atoms with E-state index in [1.54, 1.807) is 31.2 Å². The summed E-state index contributed by atoms with van der Waals surface area (Å²) >= 11 is 5.92. The molecule has 0 aromatic heterocycles. The number of anilines is 1. The molecule has 0 spiro atoms.